The maximum atomic E-state index is 12.2. The van der Waals surface area contributed by atoms with E-state index in [2.05, 4.69) is 14.8 Å². The van der Waals surface area contributed by atoms with Crippen LogP contribution in [0, 0.1) is 0 Å². The Kier molecular flexibility index (Phi) is 5.73. The van der Waals surface area contributed by atoms with Crippen LogP contribution in [-0.4, -0.2) is 60.6 Å². The lowest BCUT2D eigenvalue weighted by molar-refractivity contribution is -0.153. The smallest absolute Gasteiger partial charge is 0.422 e. The number of hydrogen-bond donors (Lipinski definition) is 2. The fourth-order valence-corrected chi connectivity index (χ4v) is 2.39. The van der Waals surface area contributed by atoms with E-state index in [1.165, 1.54) is 31.4 Å². The minimum atomic E-state index is -4.44. The molecule has 0 bridgehead atoms. The van der Waals surface area contributed by atoms with Crippen LogP contribution in [0.2, 0.25) is 0 Å². The number of likely N-dealkylation sites (tertiary alicyclic amines) is 1. The van der Waals surface area contributed by atoms with Crippen molar-refractivity contribution < 1.29 is 37.3 Å². The predicted octanol–water partition coefficient (Wildman–Crippen LogP) is 1.77. The van der Waals surface area contributed by atoms with Crippen LogP contribution in [0.1, 0.15) is 6.42 Å². The fraction of sp³-hybridized carbons (Fsp3) is 0.467. The molecule has 1 fully saturated rings. The van der Waals surface area contributed by atoms with Crippen molar-refractivity contribution in [2.24, 2.45) is 0 Å². The van der Waals surface area contributed by atoms with Gasteiger partial charge < -0.3 is 24.8 Å². The van der Waals surface area contributed by atoms with Crippen LogP contribution in [0.25, 0.3) is 0 Å². The summed E-state index contributed by atoms with van der Waals surface area (Å²) in [6.45, 7) is -1.44. The van der Waals surface area contributed by atoms with Crippen LogP contribution >= 0.6 is 0 Å². The van der Waals surface area contributed by atoms with E-state index in [0.717, 1.165) is 4.90 Å². The van der Waals surface area contributed by atoms with E-state index in [1.807, 2.05) is 0 Å². The second kappa shape index (κ2) is 7.60. The molecule has 2 rings (SSSR count). The molecule has 10 heteroatoms. The summed E-state index contributed by atoms with van der Waals surface area (Å²) in [5, 5.41) is 12.2. The fourth-order valence-electron chi connectivity index (χ4n) is 2.39. The van der Waals surface area contributed by atoms with Crippen LogP contribution in [-0.2, 0) is 9.53 Å². The van der Waals surface area contributed by atoms with Crippen LogP contribution in [0.3, 0.4) is 0 Å². The third kappa shape index (κ3) is 5.24. The summed E-state index contributed by atoms with van der Waals surface area (Å²) < 4.78 is 45.4. The first kappa shape index (κ1) is 18.8. The topological polar surface area (TPSA) is 88.1 Å². The highest BCUT2D eigenvalue weighted by Gasteiger charge is 2.39. The van der Waals surface area contributed by atoms with E-state index in [0.29, 0.717) is 5.69 Å². The van der Waals surface area contributed by atoms with Crippen molar-refractivity contribution in [1.82, 2.24) is 4.90 Å². The molecule has 7 nitrogen and oxygen atoms in total. The first-order chi connectivity index (χ1) is 11.7. The number of hydrogen-bond acceptors (Lipinski definition) is 5. The number of urea groups is 1. The Morgan fingerprint density at radius 3 is 2.52 bits per heavy atom. The molecule has 1 heterocycles. The van der Waals surface area contributed by atoms with Gasteiger partial charge in [0.2, 0.25) is 0 Å². The summed E-state index contributed by atoms with van der Waals surface area (Å²) in [5.41, 5.74) is 0.300. The van der Waals surface area contributed by atoms with Gasteiger partial charge in [-0.25, -0.2) is 9.59 Å². The summed E-state index contributed by atoms with van der Waals surface area (Å²) in [7, 11) is 1.18. The molecule has 2 N–H and O–H groups in total. The third-order valence-corrected chi connectivity index (χ3v) is 3.52. The average molecular weight is 362 g/mol. The van der Waals surface area contributed by atoms with Gasteiger partial charge in [-0.1, -0.05) is 0 Å². The van der Waals surface area contributed by atoms with Crippen molar-refractivity contribution >= 4 is 17.7 Å². The number of rotatable bonds is 4. The van der Waals surface area contributed by atoms with Gasteiger partial charge in [0.25, 0.3) is 0 Å². The average Bonchev–Trinajstić information content (AvgIpc) is 2.95. The number of carbonyl (C=O) groups excluding carboxylic acids is 2. The second-order valence-corrected chi connectivity index (χ2v) is 5.44. The van der Waals surface area contributed by atoms with Crippen LogP contribution in [0.15, 0.2) is 24.3 Å². The summed E-state index contributed by atoms with van der Waals surface area (Å²) >= 11 is 0. The first-order valence-corrected chi connectivity index (χ1v) is 7.32. The summed E-state index contributed by atoms with van der Waals surface area (Å²) in [4.78, 5) is 25.1. The summed E-state index contributed by atoms with van der Waals surface area (Å²) in [6, 6.07) is 3.76. The molecule has 0 radical (unpaired) electrons. The number of methoxy groups -OCH3 is 1. The highest BCUT2D eigenvalue weighted by molar-refractivity contribution is 5.93. The number of esters is 1. The molecule has 0 aromatic heterocycles. The van der Waals surface area contributed by atoms with Gasteiger partial charge in [0.05, 0.1) is 13.2 Å². The first-order valence-electron chi connectivity index (χ1n) is 7.32. The summed E-state index contributed by atoms with van der Waals surface area (Å²) in [6.07, 6.45) is -5.20. The lowest BCUT2D eigenvalue weighted by Crippen LogP contribution is -2.43. The zero-order valence-corrected chi connectivity index (χ0v) is 13.2. The number of alkyl halides is 3. The molecule has 25 heavy (non-hydrogen) atoms. The standard InChI is InChI=1S/C15H17F3N2O5/c1-24-13(22)12-6-10(21)7-20(12)14(23)19-9-2-4-11(5-3-9)25-8-15(16,17)18/h2-5,10,12,21H,6-8H2,1H3,(H,19,23)/t10-,12+/m0/s1. The molecule has 0 saturated carbocycles. The van der Waals surface area contributed by atoms with Crippen molar-refractivity contribution in [2.45, 2.75) is 24.7 Å². The number of carbonyl (C=O) groups is 2. The Morgan fingerprint density at radius 1 is 1.32 bits per heavy atom. The molecule has 1 aromatic rings. The number of aliphatic hydroxyl groups excluding tert-OH is 1. The zero-order chi connectivity index (χ0) is 18.6. The van der Waals surface area contributed by atoms with Crippen molar-refractivity contribution in [3.05, 3.63) is 24.3 Å². The largest absolute Gasteiger partial charge is 0.484 e. The molecule has 1 aliphatic rings. The normalized spacial score (nSPS) is 20.3. The van der Waals surface area contributed by atoms with E-state index in [4.69, 9.17) is 0 Å². The molecule has 1 aliphatic heterocycles. The number of nitrogens with zero attached hydrogens (tertiary/aromatic N) is 1. The Hall–Kier alpha value is -2.49. The highest BCUT2D eigenvalue weighted by Crippen LogP contribution is 2.23. The van der Waals surface area contributed by atoms with Crippen molar-refractivity contribution in [2.75, 3.05) is 25.6 Å². The number of amides is 2. The van der Waals surface area contributed by atoms with Gasteiger partial charge in [-0.3, -0.25) is 0 Å². The van der Waals surface area contributed by atoms with Gasteiger partial charge in [-0.15, -0.1) is 0 Å². The maximum Gasteiger partial charge on any atom is 0.422 e. The van der Waals surface area contributed by atoms with Crippen LogP contribution in [0.5, 0.6) is 5.75 Å². The van der Waals surface area contributed by atoms with Gasteiger partial charge in [-0.2, -0.15) is 13.2 Å². The highest BCUT2D eigenvalue weighted by atomic mass is 19.4. The lowest BCUT2D eigenvalue weighted by Gasteiger charge is -2.22. The van der Waals surface area contributed by atoms with E-state index in [-0.39, 0.29) is 18.7 Å². The zero-order valence-electron chi connectivity index (χ0n) is 13.2. The quantitative estimate of drug-likeness (QED) is 0.797. The van der Waals surface area contributed by atoms with E-state index >= 15 is 0 Å². The molecule has 1 saturated heterocycles. The molecule has 0 aliphatic carbocycles. The van der Waals surface area contributed by atoms with E-state index < -0.39 is 36.9 Å². The van der Waals surface area contributed by atoms with Gasteiger partial charge in [-0.05, 0) is 24.3 Å². The molecule has 0 unspecified atom stereocenters. The van der Waals surface area contributed by atoms with E-state index in [9.17, 15) is 27.9 Å². The predicted molar refractivity (Wildman–Crippen MR) is 80.1 cm³/mol. The van der Waals surface area contributed by atoms with Crippen molar-refractivity contribution in [3.63, 3.8) is 0 Å². The maximum absolute atomic E-state index is 12.2. The Morgan fingerprint density at radius 2 is 1.96 bits per heavy atom. The van der Waals surface area contributed by atoms with Crippen LogP contribution < -0.4 is 10.1 Å². The number of ether oxygens (including phenoxy) is 2. The summed E-state index contributed by atoms with van der Waals surface area (Å²) in [5.74, 6) is -0.637. The molecular formula is C15H17F3N2O5. The van der Waals surface area contributed by atoms with E-state index in [1.54, 1.807) is 0 Å². The Labute approximate surface area is 141 Å². The molecule has 138 valence electrons. The van der Waals surface area contributed by atoms with Gasteiger partial charge in [0.1, 0.15) is 11.8 Å². The van der Waals surface area contributed by atoms with Crippen LogP contribution in [0.4, 0.5) is 23.7 Å². The number of anilines is 1. The van der Waals surface area contributed by atoms with Gasteiger partial charge in [0.15, 0.2) is 6.61 Å². The molecule has 2 atom stereocenters. The third-order valence-electron chi connectivity index (χ3n) is 3.52. The molecule has 0 spiro atoms. The SMILES string of the molecule is COC(=O)[C@H]1C[C@H](O)CN1C(=O)Nc1ccc(OCC(F)(F)F)cc1. The minimum absolute atomic E-state index is 0.000596. The Bertz CT molecular complexity index is 621. The monoisotopic (exact) mass is 362 g/mol. The van der Waals surface area contributed by atoms with Gasteiger partial charge >= 0.3 is 18.2 Å². The van der Waals surface area contributed by atoms with Crippen molar-refractivity contribution in [1.29, 1.82) is 0 Å². The lowest BCUT2D eigenvalue weighted by atomic mass is 10.2. The number of aliphatic hydroxyl groups is 1. The van der Waals surface area contributed by atoms with Crippen molar-refractivity contribution in [3.8, 4) is 5.75 Å². The van der Waals surface area contributed by atoms with Gasteiger partial charge in [0, 0.05) is 18.7 Å². The molecule has 1 aromatic carbocycles. The molecule has 2 amide bonds. The second-order valence-electron chi connectivity index (χ2n) is 5.44. The Balaban J connectivity index is 1.97. The number of benzene rings is 1. The number of nitrogens with one attached hydrogen (secondary N) is 1. The number of halogens is 3. The number of β-amino-alcohol motifs (C(OH)–C–C–N with tert-alkyl or cyclic N) is 1. The molecular weight excluding hydrogens is 345 g/mol. The minimum Gasteiger partial charge on any atom is -0.484 e.